The highest BCUT2D eigenvalue weighted by Gasteiger charge is 2.28. The van der Waals surface area contributed by atoms with Crippen molar-refractivity contribution in [3.8, 4) is 0 Å². The van der Waals surface area contributed by atoms with Gasteiger partial charge in [0.25, 0.3) is 5.91 Å². The first-order valence-electron chi connectivity index (χ1n) is 6.88. The van der Waals surface area contributed by atoms with E-state index in [2.05, 4.69) is 31.1 Å². The minimum absolute atomic E-state index is 0.0189. The Hall–Kier alpha value is -0.950. The van der Waals surface area contributed by atoms with Crippen molar-refractivity contribution in [1.29, 1.82) is 0 Å². The first-order chi connectivity index (χ1) is 9.49. The summed E-state index contributed by atoms with van der Waals surface area (Å²) >= 11 is 3.25. The molecule has 0 bridgehead atoms. The van der Waals surface area contributed by atoms with Gasteiger partial charge in [-0.05, 0) is 12.8 Å². The van der Waals surface area contributed by atoms with Crippen molar-refractivity contribution in [2.45, 2.75) is 26.8 Å². The molecule has 0 aliphatic carbocycles. The molecule has 3 N–H and O–H groups in total. The Balaban J connectivity index is 2.09. The number of thiazole rings is 1. The van der Waals surface area contributed by atoms with E-state index in [1.54, 1.807) is 0 Å². The maximum Gasteiger partial charge on any atom is 0.268 e. The van der Waals surface area contributed by atoms with Gasteiger partial charge in [0.15, 0.2) is 5.13 Å². The Morgan fingerprint density at radius 2 is 2.35 bits per heavy atom. The molecule has 1 saturated heterocycles. The fraction of sp³-hybridized carbons (Fsp3) is 0.692. The highest BCUT2D eigenvalue weighted by Crippen LogP contribution is 2.28. The molecule has 0 aromatic carbocycles. The molecule has 0 spiro atoms. The zero-order valence-electron chi connectivity index (χ0n) is 12.2. The van der Waals surface area contributed by atoms with Crippen LogP contribution in [0, 0.1) is 5.92 Å². The predicted molar refractivity (Wildman–Crippen MR) is 87.7 cm³/mol. The van der Waals surface area contributed by atoms with E-state index in [0.29, 0.717) is 16.6 Å². The van der Waals surface area contributed by atoms with E-state index in [1.165, 1.54) is 11.3 Å². The van der Waals surface area contributed by atoms with Crippen molar-refractivity contribution in [3.05, 3.63) is 4.88 Å². The lowest BCUT2D eigenvalue weighted by molar-refractivity contribution is 0.0722. The molecule has 1 aromatic heterocycles. The molecule has 7 heteroatoms. The van der Waals surface area contributed by atoms with Crippen LogP contribution in [0.25, 0.3) is 0 Å². The summed E-state index contributed by atoms with van der Waals surface area (Å²) in [4.78, 5) is 19.3. The van der Waals surface area contributed by atoms with Gasteiger partial charge in [0.2, 0.25) is 0 Å². The van der Waals surface area contributed by atoms with Gasteiger partial charge in [-0.25, -0.2) is 4.98 Å². The van der Waals surface area contributed by atoms with Crippen LogP contribution in [-0.4, -0.2) is 46.4 Å². The lowest BCUT2D eigenvalue weighted by Crippen LogP contribution is -2.44. The summed E-state index contributed by atoms with van der Waals surface area (Å²) in [5.74, 6) is 2.87. The van der Waals surface area contributed by atoms with Crippen LogP contribution >= 0.6 is 23.1 Å². The number of rotatable bonds is 4. The van der Waals surface area contributed by atoms with E-state index < -0.39 is 0 Å². The molecule has 1 atom stereocenters. The number of anilines is 2. The molecule has 2 heterocycles. The molecule has 5 nitrogen and oxygen atoms in total. The van der Waals surface area contributed by atoms with Crippen LogP contribution in [0.3, 0.4) is 0 Å². The fourth-order valence-electron chi connectivity index (χ4n) is 2.01. The van der Waals surface area contributed by atoms with Crippen molar-refractivity contribution in [2.24, 2.45) is 5.92 Å². The molecule has 1 fully saturated rings. The van der Waals surface area contributed by atoms with E-state index in [0.717, 1.165) is 29.7 Å². The smallest absolute Gasteiger partial charge is 0.268 e. The molecule has 2 rings (SSSR count). The lowest BCUT2D eigenvalue weighted by Gasteiger charge is -2.32. The van der Waals surface area contributed by atoms with Crippen LogP contribution in [0.4, 0.5) is 10.9 Å². The predicted octanol–water partition coefficient (Wildman–Crippen LogP) is 2.37. The standard InChI is InChI=1S/C13H22N4OS2/c1-8(2)6-15-13-16-11(14)10(20-13)12(18)17-4-5-19-7-9(17)3/h8-9H,4-7,14H2,1-3H3,(H,15,16). The molecular weight excluding hydrogens is 292 g/mol. The highest BCUT2D eigenvalue weighted by molar-refractivity contribution is 7.99. The van der Waals surface area contributed by atoms with Crippen LogP contribution in [0.2, 0.25) is 0 Å². The SMILES string of the molecule is CC(C)CNc1nc(N)c(C(=O)N2CCSCC2C)s1. The maximum absolute atomic E-state index is 12.6. The fourth-order valence-corrected chi connectivity index (χ4v) is 3.87. The van der Waals surface area contributed by atoms with Gasteiger partial charge < -0.3 is 16.0 Å². The molecule has 0 saturated carbocycles. The quantitative estimate of drug-likeness (QED) is 0.893. The van der Waals surface area contributed by atoms with Crippen LogP contribution < -0.4 is 11.1 Å². The number of nitrogens with two attached hydrogens (primary N) is 1. The molecule has 1 unspecified atom stereocenters. The van der Waals surface area contributed by atoms with Gasteiger partial charge in [-0.3, -0.25) is 4.79 Å². The number of hydrogen-bond donors (Lipinski definition) is 2. The molecule has 1 aliphatic rings. The summed E-state index contributed by atoms with van der Waals surface area (Å²) in [7, 11) is 0. The number of nitrogens with one attached hydrogen (secondary N) is 1. The normalized spacial score (nSPS) is 19.4. The average Bonchev–Trinajstić information content (AvgIpc) is 2.77. The van der Waals surface area contributed by atoms with E-state index in [1.807, 2.05) is 16.7 Å². The third kappa shape index (κ3) is 3.58. The van der Waals surface area contributed by atoms with E-state index in [9.17, 15) is 4.79 Å². The van der Waals surface area contributed by atoms with Gasteiger partial charge >= 0.3 is 0 Å². The van der Waals surface area contributed by atoms with Crippen LogP contribution in [0.1, 0.15) is 30.4 Å². The van der Waals surface area contributed by atoms with Crippen molar-refractivity contribution in [2.75, 3.05) is 35.6 Å². The Labute approximate surface area is 128 Å². The van der Waals surface area contributed by atoms with Crippen molar-refractivity contribution in [3.63, 3.8) is 0 Å². The monoisotopic (exact) mass is 314 g/mol. The number of carbonyl (C=O) groups excluding carboxylic acids is 1. The number of amides is 1. The summed E-state index contributed by atoms with van der Waals surface area (Å²) in [6.45, 7) is 7.96. The van der Waals surface area contributed by atoms with Gasteiger partial charge in [-0.1, -0.05) is 25.2 Å². The first-order valence-corrected chi connectivity index (χ1v) is 8.85. The zero-order chi connectivity index (χ0) is 14.7. The number of nitrogen functional groups attached to an aromatic ring is 1. The number of nitrogens with zero attached hydrogens (tertiary/aromatic N) is 2. The third-order valence-electron chi connectivity index (χ3n) is 3.14. The van der Waals surface area contributed by atoms with Gasteiger partial charge in [-0.15, -0.1) is 0 Å². The Bertz CT molecular complexity index is 475. The second kappa shape index (κ2) is 6.67. The summed E-state index contributed by atoms with van der Waals surface area (Å²) in [5, 5.41) is 3.96. The topological polar surface area (TPSA) is 71.2 Å². The second-order valence-corrected chi connectivity index (χ2v) is 7.58. The number of aromatic nitrogens is 1. The third-order valence-corrected chi connectivity index (χ3v) is 5.34. The lowest BCUT2D eigenvalue weighted by atomic mass is 10.2. The Morgan fingerprint density at radius 3 is 3.00 bits per heavy atom. The molecule has 1 amide bonds. The van der Waals surface area contributed by atoms with Crippen LogP contribution in [-0.2, 0) is 0 Å². The molecule has 20 heavy (non-hydrogen) atoms. The Kier molecular flexibility index (Phi) is 5.15. The summed E-state index contributed by atoms with van der Waals surface area (Å²) < 4.78 is 0. The molecule has 1 aromatic rings. The largest absolute Gasteiger partial charge is 0.382 e. The van der Waals surface area contributed by atoms with Crippen molar-refractivity contribution < 1.29 is 4.79 Å². The number of carbonyl (C=O) groups is 1. The number of thioether (sulfide) groups is 1. The van der Waals surface area contributed by atoms with Gasteiger partial charge in [0.05, 0.1) is 0 Å². The molecule has 1 aliphatic heterocycles. The van der Waals surface area contributed by atoms with Crippen LogP contribution in [0.5, 0.6) is 0 Å². The molecular formula is C13H22N4OS2. The number of hydrogen-bond acceptors (Lipinski definition) is 6. The van der Waals surface area contributed by atoms with Gasteiger partial charge in [-0.2, -0.15) is 11.8 Å². The van der Waals surface area contributed by atoms with Crippen molar-refractivity contribution >= 4 is 40.0 Å². The Morgan fingerprint density at radius 1 is 1.60 bits per heavy atom. The zero-order valence-corrected chi connectivity index (χ0v) is 13.8. The van der Waals surface area contributed by atoms with Gasteiger partial charge in [0.1, 0.15) is 10.7 Å². The summed E-state index contributed by atoms with van der Waals surface area (Å²) in [5.41, 5.74) is 5.91. The summed E-state index contributed by atoms with van der Waals surface area (Å²) in [6.07, 6.45) is 0. The van der Waals surface area contributed by atoms with E-state index in [-0.39, 0.29) is 11.9 Å². The van der Waals surface area contributed by atoms with E-state index >= 15 is 0 Å². The molecule has 0 radical (unpaired) electrons. The molecule has 112 valence electrons. The minimum atomic E-state index is 0.0189. The summed E-state index contributed by atoms with van der Waals surface area (Å²) in [6, 6.07) is 0.259. The highest BCUT2D eigenvalue weighted by atomic mass is 32.2. The van der Waals surface area contributed by atoms with E-state index in [4.69, 9.17) is 5.73 Å². The second-order valence-electron chi connectivity index (χ2n) is 5.43. The maximum atomic E-state index is 12.6. The average molecular weight is 314 g/mol. The minimum Gasteiger partial charge on any atom is -0.382 e. The van der Waals surface area contributed by atoms with Crippen molar-refractivity contribution in [1.82, 2.24) is 9.88 Å². The first kappa shape index (κ1) is 15.4. The van der Waals surface area contributed by atoms with Crippen LogP contribution in [0.15, 0.2) is 0 Å². The van der Waals surface area contributed by atoms with Gasteiger partial charge in [0, 0.05) is 30.6 Å².